The second-order valence-electron chi connectivity index (χ2n) is 5.78. The van der Waals surface area contributed by atoms with Gasteiger partial charge >= 0.3 is 6.03 Å². The molecule has 8 heteroatoms. The number of halogens is 2. The van der Waals surface area contributed by atoms with E-state index in [-0.39, 0.29) is 11.9 Å². The fourth-order valence-electron chi connectivity index (χ4n) is 2.67. The molecule has 1 saturated heterocycles. The molecule has 1 fully saturated rings. The van der Waals surface area contributed by atoms with E-state index >= 15 is 0 Å². The number of rotatable bonds is 6. The highest BCUT2D eigenvalue weighted by Crippen LogP contribution is 2.26. The molecule has 2 heterocycles. The summed E-state index contributed by atoms with van der Waals surface area (Å²) in [6.45, 7) is 4.94. The number of alkyl halides is 2. The molecule has 2 amide bonds. The van der Waals surface area contributed by atoms with Crippen LogP contribution in [0.3, 0.4) is 0 Å². The molecule has 0 radical (unpaired) electrons. The number of ether oxygens (including phenoxy) is 1. The van der Waals surface area contributed by atoms with Gasteiger partial charge in [0.2, 0.25) is 0 Å². The van der Waals surface area contributed by atoms with Crippen molar-refractivity contribution in [2.45, 2.75) is 39.3 Å². The van der Waals surface area contributed by atoms with Crippen LogP contribution in [-0.2, 0) is 11.3 Å². The number of carbonyl (C=O) groups is 1. The molecule has 0 unspecified atom stereocenters. The number of amides is 2. The maximum Gasteiger partial charge on any atom is 0.320 e. The van der Waals surface area contributed by atoms with Gasteiger partial charge in [0.15, 0.2) is 5.82 Å². The van der Waals surface area contributed by atoms with Crippen molar-refractivity contribution in [2.75, 3.05) is 18.5 Å². The lowest BCUT2D eigenvalue weighted by Crippen LogP contribution is -2.37. The average molecular weight is 316 g/mol. The zero-order valence-electron chi connectivity index (χ0n) is 12.8. The largest absolute Gasteiger partial charge is 0.378 e. The highest BCUT2D eigenvalue weighted by molar-refractivity contribution is 5.88. The van der Waals surface area contributed by atoms with E-state index in [2.05, 4.69) is 29.6 Å². The Bertz CT molecular complexity index is 493. The molecule has 2 N–H and O–H groups in total. The van der Waals surface area contributed by atoms with Gasteiger partial charge in [-0.3, -0.25) is 10.00 Å². The van der Waals surface area contributed by atoms with Crippen LogP contribution in [0.1, 0.15) is 20.3 Å². The number of nitrogens with zero attached hydrogens (tertiary/aromatic N) is 2. The summed E-state index contributed by atoms with van der Waals surface area (Å²) >= 11 is 0. The van der Waals surface area contributed by atoms with E-state index in [4.69, 9.17) is 4.74 Å². The van der Waals surface area contributed by atoms with Gasteiger partial charge in [-0.05, 0) is 12.3 Å². The van der Waals surface area contributed by atoms with Gasteiger partial charge in [0, 0.05) is 31.3 Å². The van der Waals surface area contributed by atoms with Crippen LogP contribution in [0, 0.1) is 11.8 Å². The summed E-state index contributed by atoms with van der Waals surface area (Å²) in [5.41, 5.74) is 0. The molecule has 1 aliphatic rings. The van der Waals surface area contributed by atoms with Crippen molar-refractivity contribution in [3.05, 3.63) is 12.3 Å². The SMILES string of the molecule is CC(C)[C@H]1OCC[C@H]1CNC(=O)Nc1ccn(CC(F)F)n1. The molecule has 1 aliphatic heterocycles. The highest BCUT2D eigenvalue weighted by atomic mass is 19.3. The molecular formula is C14H22F2N4O2. The van der Waals surface area contributed by atoms with Crippen LogP contribution in [-0.4, -0.2) is 41.5 Å². The van der Waals surface area contributed by atoms with E-state index in [1.807, 2.05) is 0 Å². The molecule has 0 saturated carbocycles. The van der Waals surface area contributed by atoms with Crippen molar-refractivity contribution in [3.8, 4) is 0 Å². The minimum absolute atomic E-state index is 0.158. The number of hydrogen-bond donors (Lipinski definition) is 2. The third kappa shape index (κ3) is 4.66. The van der Waals surface area contributed by atoms with Gasteiger partial charge in [0.25, 0.3) is 6.43 Å². The van der Waals surface area contributed by atoms with Crippen LogP contribution in [0.5, 0.6) is 0 Å². The Kier molecular flexibility index (Phi) is 5.70. The maximum atomic E-state index is 12.2. The third-order valence-corrected chi connectivity index (χ3v) is 3.65. The summed E-state index contributed by atoms with van der Waals surface area (Å²) in [5.74, 6) is 0.950. The number of urea groups is 1. The lowest BCUT2D eigenvalue weighted by atomic mass is 9.93. The molecule has 0 aliphatic carbocycles. The lowest BCUT2D eigenvalue weighted by molar-refractivity contribution is 0.0546. The molecule has 2 rings (SSSR count). The lowest BCUT2D eigenvalue weighted by Gasteiger charge is -2.22. The van der Waals surface area contributed by atoms with Crippen LogP contribution < -0.4 is 10.6 Å². The van der Waals surface area contributed by atoms with Gasteiger partial charge in [-0.1, -0.05) is 13.8 Å². The normalized spacial score (nSPS) is 21.5. The van der Waals surface area contributed by atoms with Crippen molar-refractivity contribution in [1.29, 1.82) is 0 Å². The maximum absolute atomic E-state index is 12.2. The summed E-state index contributed by atoms with van der Waals surface area (Å²) in [4.78, 5) is 11.8. The minimum atomic E-state index is -2.48. The molecule has 0 aromatic carbocycles. The van der Waals surface area contributed by atoms with Crippen molar-refractivity contribution in [2.24, 2.45) is 11.8 Å². The average Bonchev–Trinajstić information content (AvgIpc) is 3.05. The summed E-state index contributed by atoms with van der Waals surface area (Å²) in [6.07, 6.45) is 0.00974. The molecule has 2 atom stereocenters. The van der Waals surface area contributed by atoms with E-state index in [1.165, 1.54) is 12.3 Å². The molecule has 0 spiro atoms. The topological polar surface area (TPSA) is 68.2 Å². The summed E-state index contributed by atoms with van der Waals surface area (Å²) in [7, 11) is 0. The molecule has 0 bridgehead atoms. The van der Waals surface area contributed by atoms with Crippen LogP contribution >= 0.6 is 0 Å². The van der Waals surface area contributed by atoms with E-state index in [1.54, 1.807) is 0 Å². The minimum Gasteiger partial charge on any atom is -0.378 e. The molecule has 124 valence electrons. The van der Waals surface area contributed by atoms with Crippen LogP contribution in [0.4, 0.5) is 19.4 Å². The smallest absolute Gasteiger partial charge is 0.320 e. The van der Waals surface area contributed by atoms with E-state index < -0.39 is 19.0 Å². The predicted molar refractivity (Wildman–Crippen MR) is 77.9 cm³/mol. The van der Waals surface area contributed by atoms with E-state index in [9.17, 15) is 13.6 Å². The van der Waals surface area contributed by atoms with Gasteiger partial charge in [0.1, 0.15) is 6.54 Å². The molecule has 6 nitrogen and oxygen atoms in total. The predicted octanol–water partition coefficient (Wildman–Crippen LogP) is 2.33. The zero-order chi connectivity index (χ0) is 16.1. The fourth-order valence-corrected chi connectivity index (χ4v) is 2.67. The zero-order valence-corrected chi connectivity index (χ0v) is 12.8. The van der Waals surface area contributed by atoms with Crippen molar-refractivity contribution < 1.29 is 18.3 Å². The number of nitrogens with one attached hydrogen (secondary N) is 2. The van der Waals surface area contributed by atoms with Gasteiger partial charge in [-0.2, -0.15) is 5.10 Å². The molecule has 22 heavy (non-hydrogen) atoms. The Hall–Kier alpha value is -1.70. The van der Waals surface area contributed by atoms with Crippen molar-refractivity contribution >= 4 is 11.8 Å². The summed E-state index contributed by atoms with van der Waals surface area (Å²) in [6, 6.07) is 1.09. The van der Waals surface area contributed by atoms with Gasteiger partial charge in [-0.25, -0.2) is 13.6 Å². The van der Waals surface area contributed by atoms with Crippen LogP contribution in [0.15, 0.2) is 12.3 Å². The first-order chi connectivity index (χ1) is 10.5. The summed E-state index contributed by atoms with van der Waals surface area (Å²) < 4.78 is 31.2. The van der Waals surface area contributed by atoms with Crippen molar-refractivity contribution in [1.82, 2.24) is 15.1 Å². The van der Waals surface area contributed by atoms with Gasteiger partial charge < -0.3 is 10.1 Å². The molecule has 1 aromatic rings. The van der Waals surface area contributed by atoms with Crippen molar-refractivity contribution in [3.63, 3.8) is 0 Å². The second-order valence-corrected chi connectivity index (χ2v) is 5.78. The number of hydrogen-bond acceptors (Lipinski definition) is 3. The standard InChI is InChI=1S/C14H22F2N4O2/c1-9(2)13-10(4-6-22-13)7-17-14(21)18-12-3-5-20(19-12)8-11(15)16/h3,5,9-11,13H,4,6-8H2,1-2H3,(H2,17,18,19,21)/t10-,13+/m0/s1. The Morgan fingerprint density at radius 3 is 3.00 bits per heavy atom. The van der Waals surface area contributed by atoms with Gasteiger partial charge in [-0.15, -0.1) is 0 Å². The fraction of sp³-hybridized carbons (Fsp3) is 0.714. The Morgan fingerprint density at radius 2 is 2.32 bits per heavy atom. The Balaban J connectivity index is 1.77. The molecular weight excluding hydrogens is 294 g/mol. The van der Waals surface area contributed by atoms with E-state index in [0.717, 1.165) is 17.7 Å². The number of carbonyl (C=O) groups excluding carboxylic acids is 1. The number of anilines is 1. The monoisotopic (exact) mass is 316 g/mol. The molecule has 1 aromatic heterocycles. The second kappa shape index (κ2) is 7.53. The number of aromatic nitrogens is 2. The summed E-state index contributed by atoms with van der Waals surface area (Å²) in [5, 5.41) is 9.17. The third-order valence-electron chi connectivity index (χ3n) is 3.65. The first-order valence-electron chi connectivity index (χ1n) is 7.43. The highest BCUT2D eigenvalue weighted by Gasteiger charge is 2.30. The Morgan fingerprint density at radius 1 is 1.55 bits per heavy atom. The van der Waals surface area contributed by atoms with Crippen LogP contribution in [0.25, 0.3) is 0 Å². The van der Waals surface area contributed by atoms with Gasteiger partial charge in [0.05, 0.1) is 6.10 Å². The first kappa shape index (κ1) is 16.7. The van der Waals surface area contributed by atoms with Crippen LogP contribution in [0.2, 0.25) is 0 Å². The quantitative estimate of drug-likeness (QED) is 0.846. The first-order valence-corrected chi connectivity index (χ1v) is 7.43. The Labute approximate surface area is 128 Å². The van der Waals surface area contributed by atoms with E-state index in [0.29, 0.717) is 18.4 Å².